The molecule has 0 radical (unpaired) electrons. The molecule has 0 fully saturated rings. The lowest BCUT2D eigenvalue weighted by atomic mass is 10.2. The second-order valence-electron chi connectivity index (χ2n) is 6.45. The van der Waals surface area contributed by atoms with E-state index in [9.17, 15) is 0 Å². The SMILES string of the molecule is COc1cc2nc(NCCCCN)c3nnc(C(C)C)n3c2cc1OC. The van der Waals surface area contributed by atoms with Gasteiger partial charge in [0, 0.05) is 24.6 Å². The van der Waals surface area contributed by atoms with Gasteiger partial charge in [-0.3, -0.25) is 4.40 Å². The average molecular weight is 358 g/mol. The molecule has 0 saturated heterocycles. The number of fused-ring (bicyclic) bond motifs is 3. The van der Waals surface area contributed by atoms with E-state index in [1.165, 1.54) is 0 Å². The Morgan fingerprint density at radius 2 is 1.85 bits per heavy atom. The lowest BCUT2D eigenvalue weighted by Crippen LogP contribution is -2.09. The number of unbranched alkanes of at least 4 members (excludes halogenated alkanes) is 1. The average Bonchev–Trinajstić information content (AvgIpc) is 3.09. The maximum absolute atomic E-state index is 5.57. The van der Waals surface area contributed by atoms with Crippen molar-refractivity contribution in [2.75, 3.05) is 32.6 Å². The summed E-state index contributed by atoms with van der Waals surface area (Å²) in [6.45, 7) is 5.65. The summed E-state index contributed by atoms with van der Waals surface area (Å²) in [7, 11) is 3.24. The summed E-state index contributed by atoms with van der Waals surface area (Å²) < 4.78 is 12.9. The molecule has 140 valence electrons. The first kappa shape index (κ1) is 18.2. The van der Waals surface area contributed by atoms with Gasteiger partial charge >= 0.3 is 0 Å². The van der Waals surface area contributed by atoms with Gasteiger partial charge in [0.25, 0.3) is 0 Å². The van der Waals surface area contributed by atoms with E-state index in [-0.39, 0.29) is 5.92 Å². The van der Waals surface area contributed by atoms with E-state index in [4.69, 9.17) is 20.2 Å². The molecular formula is C18H26N6O2. The monoisotopic (exact) mass is 358 g/mol. The molecule has 3 rings (SSSR count). The summed E-state index contributed by atoms with van der Waals surface area (Å²) in [6, 6.07) is 3.80. The molecule has 0 aliphatic heterocycles. The number of rotatable bonds is 8. The van der Waals surface area contributed by atoms with Crippen molar-refractivity contribution in [3.63, 3.8) is 0 Å². The van der Waals surface area contributed by atoms with Gasteiger partial charge in [-0.25, -0.2) is 4.98 Å². The van der Waals surface area contributed by atoms with Crippen LogP contribution in [0.3, 0.4) is 0 Å². The molecule has 2 heterocycles. The zero-order chi connectivity index (χ0) is 18.7. The fraction of sp³-hybridized carbons (Fsp3) is 0.500. The summed E-state index contributed by atoms with van der Waals surface area (Å²) in [6.07, 6.45) is 1.94. The van der Waals surface area contributed by atoms with Crippen molar-refractivity contribution in [3.05, 3.63) is 18.0 Å². The van der Waals surface area contributed by atoms with Crippen LogP contribution in [0.25, 0.3) is 16.7 Å². The first-order chi connectivity index (χ1) is 12.6. The Hall–Kier alpha value is -2.61. The molecule has 0 atom stereocenters. The van der Waals surface area contributed by atoms with Gasteiger partial charge in [0.15, 0.2) is 17.3 Å². The van der Waals surface area contributed by atoms with Gasteiger partial charge in [0.05, 0.1) is 25.3 Å². The fourth-order valence-electron chi connectivity index (χ4n) is 2.95. The van der Waals surface area contributed by atoms with Gasteiger partial charge < -0.3 is 20.5 Å². The highest BCUT2D eigenvalue weighted by Gasteiger charge is 2.19. The number of benzene rings is 1. The molecule has 8 heteroatoms. The Morgan fingerprint density at radius 1 is 1.12 bits per heavy atom. The van der Waals surface area contributed by atoms with E-state index < -0.39 is 0 Å². The third-order valence-corrected chi connectivity index (χ3v) is 4.29. The van der Waals surface area contributed by atoms with E-state index in [2.05, 4.69) is 29.4 Å². The van der Waals surface area contributed by atoms with Crippen LogP contribution in [-0.4, -0.2) is 46.9 Å². The van der Waals surface area contributed by atoms with Crippen LogP contribution in [-0.2, 0) is 0 Å². The largest absolute Gasteiger partial charge is 0.493 e. The highest BCUT2D eigenvalue weighted by molar-refractivity contribution is 5.86. The minimum Gasteiger partial charge on any atom is -0.493 e. The van der Waals surface area contributed by atoms with Gasteiger partial charge in [-0.2, -0.15) is 0 Å². The molecule has 26 heavy (non-hydrogen) atoms. The number of nitrogens with zero attached hydrogens (tertiary/aromatic N) is 4. The van der Waals surface area contributed by atoms with Crippen molar-refractivity contribution in [3.8, 4) is 11.5 Å². The molecule has 0 saturated carbocycles. The number of ether oxygens (including phenoxy) is 2. The zero-order valence-electron chi connectivity index (χ0n) is 15.7. The summed E-state index contributed by atoms with van der Waals surface area (Å²) in [5.74, 6) is 3.09. The minimum absolute atomic E-state index is 0.216. The lowest BCUT2D eigenvalue weighted by molar-refractivity contribution is 0.355. The van der Waals surface area contributed by atoms with E-state index in [0.717, 1.165) is 36.2 Å². The van der Waals surface area contributed by atoms with E-state index in [0.29, 0.717) is 29.5 Å². The molecule has 2 aromatic heterocycles. The quantitative estimate of drug-likeness (QED) is 0.597. The van der Waals surface area contributed by atoms with Crippen molar-refractivity contribution >= 4 is 22.5 Å². The smallest absolute Gasteiger partial charge is 0.204 e. The van der Waals surface area contributed by atoms with E-state index in [1.54, 1.807) is 14.2 Å². The molecule has 0 amide bonds. The Bertz CT molecular complexity index is 906. The van der Waals surface area contributed by atoms with Gasteiger partial charge in [-0.05, 0) is 19.4 Å². The normalized spacial score (nSPS) is 11.5. The van der Waals surface area contributed by atoms with Gasteiger partial charge in [-0.15, -0.1) is 10.2 Å². The van der Waals surface area contributed by atoms with Crippen molar-refractivity contribution < 1.29 is 9.47 Å². The Morgan fingerprint density at radius 3 is 2.50 bits per heavy atom. The predicted molar refractivity (Wildman–Crippen MR) is 102 cm³/mol. The molecule has 0 aliphatic rings. The van der Waals surface area contributed by atoms with Crippen molar-refractivity contribution in [1.82, 2.24) is 19.6 Å². The van der Waals surface area contributed by atoms with Crippen LogP contribution >= 0.6 is 0 Å². The number of anilines is 1. The number of methoxy groups -OCH3 is 2. The van der Waals surface area contributed by atoms with E-state index >= 15 is 0 Å². The molecule has 0 unspecified atom stereocenters. The standard InChI is InChI=1S/C18H26N6O2/c1-11(2)17-22-23-18-16(20-8-6-5-7-19)21-12-9-14(25-3)15(26-4)10-13(12)24(17)18/h9-11H,5-8,19H2,1-4H3,(H,20,21). The van der Waals surface area contributed by atoms with Crippen LogP contribution in [0.2, 0.25) is 0 Å². The van der Waals surface area contributed by atoms with Crippen LogP contribution in [0.1, 0.15) is 38.4 Å². The van der Waals surface area contributed by atoms with Gasteiger partial charge in [0.2, 0.25) is 5.65 Å². The van der Waals surface area contributed by atoms with E-state index in [1.807, 2.05) is 16.5 Å². The molecule has 0 aliphatic carbocycles. The third kappa shape index (κ3) is 3.24. The second-order valence-corrected chi connectivity index (χ2v) is 6.45. The summed E-state index contributed by atoms with van der Waals surface area (Å²) in [5.41, 5.74) is 7.96. The fourth-order valence-corrected chi connectivity index (χ4v) is 2.95. The molecule has 0 bridgehead atoms. The Labute approximate surface area is 152 Å². The zero-order valence-corrected chi connectivity index (χ0v) is 15.7. The summed E-state index contributed by atoms with van der Waals surface area (Å²) in [4.78, 5) is 4.76. The van der Waals surface area contributed by atoms with Crippen LogP contribution in [0.15, 0.2) is 12.1 Å². The number of hydrogen-bond acceptors (Lipinski definition) is 7. The van der Waals surface area contributed by atoms with Crippen LogP contribution in [0.5, 0.6) is 11.5 Å². The second kappa shape index (κ2) is 7.74. The Kier molecular flexibility index (Phi) is 5.41. The minimum atomic E-state index is 0.216. The summed E-state index contributed by atoms with van der Waals surface area (Å²) >= 11 is 0. The Balaban J connectivity index is 2.21. The van der Waals surface area contributed by atoms with Crippen LogP contribution in [0, 0.1) is 0 Å². The first-order valence-corrected chi connectivity index (χ1v) is 8.85. The van der Waals surface area contributed by atoms with Crippen LogP contribution < -0.4 is 20.5 Å². The number of aromatic nitrogens is 4. The highest BCUT2D eigenvalue weighted by atomic mass is 16.5. The number of nitrogens with two attached hydrogens (primary N) is 1. The summed E-state index contributed by atoms with van der Waals surface area (Å²) in [5, 5.41) is 12.1. The van der Waals surface area contributed by atoms with Crippen LogP contribution in [0.4, 0.5) is 5.82 Å². The first-order valence-electron chi connectivity index (χ1n) is 8.85. The maximum Gasteiger partial charge on any atom is 0.204 e. The molecule has 1 aromatic carbocycles. The topological polar surface area (TPSA) is 99.6 Å². The molecular weight excluding hydrogens is 332 g/mol. The molecule has 3 aromatic rings. The number of nitrogens with one attached hydrogen (secondary N) is 1. The van der Waals surface area contributed by atoms with Crippen molar-refractivity contribution in [2.45, 2.75) is 32.6 Å². The maximum atomic E-state index is 5.57. The number of hydrogen-bond donors (Lipinski definition) is 2. The van der Waals surface area contributed by atoms with Gasteiger partial charge in [0.1, 0.15) is 5.82 Å². The lowest BCUT2D eigenvalue weighted by Gasteiger charge is -2.14. The van der Waals surface area contributed by atoms with Crippen molar-refractivity contribution in [2.24, 2.45) is 5.73 Å². The highest BCUT2D eigenvalue weighted by Crippen LogP contribution is 2.34. The van der Waals surface area contributed by atoms with Crippen molar-refractivity contribution in [1.29, 1.82) is 0 Å². The van der Waals surface area contributed by atoms with Gasteiger partial charge in [-0.1, -0.05) is 13.8 Å². The molecule has 3 N–H and O–H groups in total. The third-order valence-electron chi connectivity index (χ3n) is 4.29. The molecule has 0 spiro atoms. The molecule has 8 nitrogen and oxygen atoms in total. The predicted octanol–water partition coefficient (Wildman–Crippen LogP) is 2.57.